The largest absolute Gasteiger partial charge is 0.489 e. The van der Waals surface area contributed by atoms with E-state index in [2.05, 4.69) is 19.2 Å². The quantitative estimate of drug-likeness (QED) is 0.899. The Morgan fingerprint density at radius 2 is 2.17 bits per heavy atom. The van der Waals surface area contributed by atoms with Crippen LogP contribution < -0.4 is 10.1 Å². The molecular formula is C15H22ClNO. The van der Waals surface area contributed by atoms with Crippen LogP contribution in [0.15, 0.2) is 18.2 Å². The van der Waals surface area contributed by atoms with Crippen LogP contribution in [0.3, 0.4) is 0 Å². The smallest absolute Gasteiger partial charge is 0.124 e. The third kappa shape index (κ3) is 2.99. The summed E-state index contributed by atoms with van der Waals surface area (Å²) in [6.07, 6.45) is 1.46. The van der Waals surface area contributed by atoms with Crippen LogP contribution >= 0.6 is 11.6 Å². The lowest BCUT2D eigenvalue weighted by Gasteiger charge is -2.28. The van der Waals surface area contributed by atoms with Crippen molar-refractivity contribution in [3.05, 3.63) is 28.8 Å². The van der Waals surface area contributed by atoms with Gasteiger partial charge < -0.3 is 10.1 Å². The number of nitrogens with one attached hydrogen (secondary N) is 1. The van der Waals surface area contributed by atoms with E-state index in [-0.39, 0.29) is 6.10 Å². The predicted molar refractivity (Wildman–Crippen MR) is 76.4 cm³/mol. The van der Waals surface area contributed by atoms with Gasteiger partial charge in [-0.25, -0.2) is 0 Å². The molecule has 1 saturated heterocycles. The van der Waals surface area contributed by atoms with Crippen molar-refractivity contribution in [2.75, 3.05) is 13.1 Å². The average Bonchev–Trinajstić information content (AvgIpc) is 2.84. The van der Waals surface area contributed by atoms with Gasteiger partial charge in [-0.05, 0) is 37.9 Å². The Hall–Kier alpha value is -0.730. The molecule has 1 aromatic carbocycles. The number of halogens is 1. The second-order valence-corrected chi connectivity index (χ2v) is 5.85. The van der Waals surface area contributed by atoms with E-state index in [0.717, 1.165) is 29.4 Å². The van der Waals surface area contributed by atoms with Crippen LogP contribution in [0, 0.1) is 18.8 Å². The van der Waals surface area contributed by atoms with Crippen molar-refractivity contribution in [1.82, 2.24) is 5.32 Å². The summed E-state index contributed by atoms with van der Waals surface area (Å²) >= 11 is 6.14. The van der Waals surface area contributed by atoms with Gasteiger partial charge in [0.05, 0.1) is 0 Å². The fourth-order valence-electron chi connectivity index (χ4n) is 2.60. The number of ether oxygens (including phenoxy) is 1. The third-order valence-corrected chi connectivity index (χ3v) is 4.11. The first kappa shape index (κ1) is 13.7. The third-order valence-electron chi connectivity index (χ3n) is 3.70. The minimum absolute atomic E-state index is 0.261. The van der Waals surface area contributed by atoms with Crippen molar-refractivity contribution in [1.29, 1.82) is 0 Å². The zero-order chi connectivity index (χ0) is 13.1. The van der Waals surface area contributed by atoms with Crippen LogP contribution in [0.2, 0.25) is 5.02 Å². The van der Waals surface area contributed by atoms with Gasteiger partial charge in [0.2, 0.25) is 0 Å². The number of hydrogen-bond donors (Lipinski definition) is 1. The predicted octanol–water partition coefficient (Wildman–Crippen LogP) is 3.66. The first-order chi connectivity index (χ1) is 8.59. The van der Waals surface area contributed by atoms with Crippen molar-refractivity contribution < 1.29 is 4.74 Å². The highest BCUT2D eigenvalue weighted by molar-refractivity contribution is 6.31. The number of benzene rings is 1. The maximum Gasteiger partial charge on any atom is 0.124 e. The molecule has 1 fully saturated rings. The Morgan fingerprint density at radius 3 is 2.78 bits per heavy atom. The first-order valence-corrected chi connectivity index (χ1v) is 7.10. The van der Waals surface area contributed by atoms with E-state index in [1.165, 1.54) is 6.42 Å². The van der Waals surface area contributed by atoms with Crippen molar-refractivity contribution in [2.45, 2.75) is 33.3 Å². The van der Waals surface area contributed by atoms with Crippen LogP contribution in [-0.4, -0.2) is 19.2 Å². The molecule has 1 N–H and O–H groups in total. The highest BCUT2D eigenvalue weighted by Crippen LogP contribution is 2.30. The van der Waals surface area contributed by atoms with Gasteiger partial charge >= 0.3 is 0 Å². The Balaban J connectivity index is 2.15. The zero-order valence-corrected chi connectivity index (χ0v) is 12.1. The maximum atomic E-state index is 6.25. The van der Waals surface area contributed by atoms with Crippen molar-refractivity contribution in [2.24, 2.45) is 11.8 Å². The van der Waals surface area contributed by atoms with Crippen molar-refractivity contribution in [3.63, 3.8) is 0 Å². The van der Waals surface area contributed by atoms with Gasteiger partial charge in [-0.2, -0.15) is 0 Å². The van der Waals surface area contributed by atoms with E-state index < -0.39 is 0 Å². The summed E-state index contributed by atoms with van der Waals surface area (Å²) in [4.78, 5) is 0. The van der Waals surface area contributed by atoms with Gasteiger partial charge in [0.1, 0.15) is 11.9 Å². The fourth-order valence-corrected chi connectivity index (χ4v) is 2.76. The SMILES string of the molecule is Cc1c(Cl)cccc1O[C@H](C(C)C)[C@@H]1CCNC1. The molecule has 0 bridgehead atoms. The molecule has 2 atom stereocenters. The highest BCUT2D eigenvalue weighted by Gasteiger charge is 2.29. The Labute approximate surface area is 115 Å². The van der Waals surface area contributed by atoms with E-state index in [4.69, 9.17) is 16.3 Å². The van der Waals surface area contributed by atoms with Crippen LogP contribution in [-0.2, 0) is 0 Å². The summed E-state index contributed by atoms with van der Waals surface area (Å²) in [6, 6.07) is 5.87. The second-order valence-electron chi connectivity index (χ2n) is 5.44. The molecule has 0 aromatic heterocycles. The summed E-state index contributed by atoms with van der Waals surface area (Å²) in [5.41, 5.74) is 1.04. The summed E-state index contributed by atoms with van der Waals surface area (Å²) in [7, 11) is 0. The molecular weight excluding hydrogens is 246 g/mol. The van der Waals surface area contributed by atoms with Gasteiger partial charge in [0.15, 0.2) is 0 Å². The summed E-state index contributed by atoms with van der Waals surface area (Å²) in [5, 5.41) is 4.19. The lowest BCUT2D eigenvalue weighted by Crippen LogP contribution is -2.33. The molecule has 0 saturated carbocycles. The Bertz CT molecular complexity index is 399. The van der Waals surface area contributed by atoms with Crippen LogP contribution in [0.1, 0.15) is 25.8 Å². The summed E-state index contributed by atoms with van der Waals surface area (Å²) in [5.74, 6) is 2.03. The molecule has 100 valence electrons. The number of hydrogen-bond acceptors (Lipinski definition) is 2. The van der Waals surface area contributed by atoms with Crippen molar-refractivity contribution in [3.8, 4) is 5.75 Å². The summed E-state index contributed by atoms with van der Waals surface area (Å²) in [6.45, 7) is 8.63. The lowest BCUT2D eigenvalue weighted by molar-refractivity contribution is 0.0966. The van der Waals surface area contributed by atoms with Gasteiger partial charge in [-0.3, -0.25) is 0 Å². The lowest BCUT2D eigenvalue weighted by atomic mass is 9.92. The van der Waals surface area contributed by atoms with Crippen LogP contribution in [0.5, 0.6) is 5.75 Å². The van der Waals surface area contributed by atoms with E-state index >= 15 is 0 Å². The van der Waals surface area contributed by atoms with Gasteiger partial charge in [-0.1, -0.05) is 31.5 Å². The van der Waals surface area contributed by atoms with Crippen LogP contribution in [0.25, 0.3) is 0 Å². The van der Waals surface area contributed by atoms with E-state index in [9.17, 15) is 0 Å². The van der Waals surface area contributed by atoms with E-state index in [1.54, 1.807) is 0 Å². The monoisotopic (exact) mass is 267 g/mol. The Kier molecular flexibility index (Phi) is 4.52. The molecule has 3 heteroatoms. The number of rotatable bonds is 4. The molecule has 1 aliphatic heterocycles. The molecule has 2 rings (SSSR count). The standard InChI is InChI=1S/C15H22ClNO/c1-10(2)15(12-7-8-17-9-12)18-14-6-4-5-13(16)11(14)3/h4-6,10,12,15,17H,7-9H2,1-3H3/t12-,15-/m1/s1. The summed E-state index contributed by atoms with van der Waals surface area (Å²) < 4.78 is 6.25. The zero-order valence-electron chi connectivity index (χ0n) is 11.4. The van der Waals surface area contributed by atoms with Crippen molar-refractivity contribution >= 4 is 11.6 Å². The van der Waals surface area contributed by atoms with Crippen LogP contribution in [0.4, 0.5) is 0 Å². The molecule has 18 heavy (non-hydrogen) atoms. The average molecular weight is 268 g/mol. The molecule has 0 amide bonds. The molecule has 1 aliphatic rings. The molecule has 0 unspecified atom stereocenters. The molecule has 0 radical (unpaired) electrons. The second kappa shape index (κ2) is 5.94. The maximum absolute atomic E-state index is 6.25. The van der Waals surface area contributed by atoms with Gasteiger partial charge in [0, 0.05) is 23.0 Å². The normalized spacial score (nSPS) is 21.3. The minimum Gasteiger partial charge on any atom is -0.489 e. The molecule has 0 aliphatic carbocycles. The topological polar surface area (TPSA) is 21.3 Å². The van der Waals surface area contributed by atoms with E-state index in [1.807, 2.05) is 25.1 Å². The van der Waals surface area contributed by atoms with Gasteiger partial charge in [0.25, 0.3) is 0 Å². The first-order valence-electron chi connectivity index (χ1n) is 6.72. The molecule has 1 heterocycles. The minimum atomic E-state index is 0.261. The molecule has 1 aromatic rings. The molecule has 0 spiro atoms. The fraction of sp³-hybridized carbons (Fsp3) is 0.600. The van der Waals surface area contributed by atoms with Gasteiger partial charge in [-0.15, -0.1) is 0 Å². The van der Waals surface area contributed by atoms with E-state index in [0.29, 0.717) is 11.8 Å². The highest BCUT2D eigenvalue weighted by atomic mass is 35.5. The Morgan fingerprint density at radius 1 is 1.39 bits per heavy atom. The molecule has 2 nitrogen and oxygen atoms in total.